The van der Waals surface area contributed by atoms with E-state index >= 15 is 0 Å². The lowest BCUT2D eigenvalue weighted by Crippen LogP contribution is -2.44. The van der Waals surface area contributed by atoms with E-state index in [9.17, 15) is 0 Å². The van der Waals surface area contributed by atoms with Crippen LogP contribution in [-0.4, -0.2) is 13.2 Å². The third kappa shape index (κ3) is 2.54. The zero-order valence-corrected chi connectivity index (χ0v) is 9.78. The first kappa shape index (κ1) is 11.4. The fourth-order valence-electron chi connectivity index (χ4n) is 2.22. The Morgan fingerprint density at radius 3 is 2.50 bits per heavy atom. The van der Waals surface area contributed by atoms with Crippen molar-refractivity contribution >= 4 is 0 Å². The van der Waals surface area contributed by atoms with E-state index in [4.69, 9.17) is 10.6 Å². The molecule has 3 heteroatoms. The van der Waals surface area contributed by atoms with Gasteiger partial charge in [-0.2, -0.15) is 0 Å². The molecule has 1 aromatic carbocycles. The van der Waals surface area contributed by atoms with Gasteiger partial charge in [0, 0.05) is 6.04 Å². The van der Waals surface area contributed by atoms with Crippen molar-refractivity contribution in [2.75, 3.05) is 7.11 Å². The number of benzene rings is 1. The summed E-state index contributed by atoms with van der Waals surface area (Å²) in [6, 6.07) is 8.65. The van der Waals surface area contributed by atoms with Crippen molar-refractivity contribution in [2.24, 2.45) is 11.8 Å². The second kappa shape index (κ2) is 5.32. The molecule has 0 aromatic heterocycles. The first-order valence-electron chi connectivity index (χ1n) is 5.92. The predicted molar refractivity (Wildman–Crippen MR) is 65.2 cm³/mol. The van der Waals surface area contributed by atoms with Gasteiger partial charge in [-0.15, -0.1) is 0 Å². The molecule has 3 N–H and O–H groups in total. The normalized spacial score (nSPS) is 17.9. The topological polar surface area (TPSA) is 47.3 Å². The number of rotatable bonds is 5. The summed E-state index contributed by atoms with van der Waals surface area (Å²) < 4.78 is 5.14. The second-order valence-corrected chi connectivity index (χ2v) is 4.52. The van der Waals surface area contributed by atoms with Crippen molar-refractivity contribution in [3.63, 3.8) is 0 Å². The summed E-state index contributed by atoms with van der Waals surface area (Å²) in [6.07, 6.45) is 4.98. The number of nitrogens with one attached hydrogen (secondary N) is 1. The van der Waals surface area contributed by atoms with Crippen LogP contribution in [0.4, 0.5) is 0 Å². The van der Waals surface area contributed by atoms with E-state index in [2.05, 4.69) is 17.6 Å². The fourth-order valence-corrected chi connectivity index (χ4v) is 2.22. The molecule has 0 aliphatic heterocycles. The molecule has 3 nitrogen and oxygen atoms in total. The molecule has 0 saturated heterocycles. The molecule has 1 unspecified atom stereocenters. The maximum absolute atomic E-state index is 5.61. The minimum Gasteiger partial charge on any atom is -0.497 e. The van der Waals surface area contributed by atoms with Crippen molar-refractivity contribution < 1.29 is 4.74 Å². The Bertz CT molecular complexity index is 319. The summed E-state index contributed by atoms with van der Waals surface area (Å²) in [5, 5.41) is 0. The molecule has 0 amide bonds. The number of hydrazine groups is 1. The molecular formula is C13H20N2O. The first-order valence-corrected chi connectivity index (χ1v) is 5.92. The molecule has 16 heavy (non-hydrogen) atoms. The molecule has 0 radical (unpaired) electrons. The van der Waals surface area contributed by atoms with E-state index in [1.807, 2.05) is 12.1 Å². The number of ether oxygens (including phenoxy) is 1. The van der Waals surface area contributed by atoms with Gasteiger partial charge in [-0.1, -0.05) is 18.6 Å². The lowest BCUT2D eigenvalue weighted by Gasteiger charge is -2.33. The summed E-state index contributed by atoms with van der Waals surface area (Å²) in [5.41, 5.74) is 4.27. The fraction of sp³-hybridized carbons (Fsp3) is 0.538. The van der Waals surface area contributed by atoms with E-state index in [0.29, 0.717) is 6.04 Å². The lowest BCUT2D eigenvalue weighted by atomic mass is 9.78. The largest absolute Gasteiger partial charge is 0.497 e. The Labute approximate surface area is 97.0 Å². The van der Waals surface area contributed by atoms with Crippen LogP contribution in [0.25, 0.3) is 0 Å². The zero-order valence-electron chi connectivity index (χ0n) is 9.78. The second-order valence-electron chi connectivity index (χ2n) is 4.52. The average molecular weight is 220 g/mol. The number of methoxy groups -OCH3 is 1. The average Bonchev–Trinajstić information content (AvgIpc) is 2.26. The van der Waals surface area contributed by atoms with Crippen molar-refractivity contribution in [2.45, 2.75) is 31.7 Å². The first-order chi connectivity index (χ1) is 7.83. The van der Waals surface area contributed by atoms with Gasteiger partial charge in [-0.25, -0.2) is 0 Å². The van der Waals surface area contributed by atoms with Gasteiger partial charge in [0.05, 0.1) is 7.11 Å². The van der Waals surface area contributed by atoms with Crippen molar-refractivity contribution in [1.29, 1.82) is 0 Å². The van der Waals surface area contributed by atoms with Gasteiger partial charge in [0.15, 0.2) is 0 Å². The summed E-state index contributed by atoms with van der Waals surface area (Å²) >= 11 is 0. The molecule has 1 aliphatic rings. The highest BCUT2D eigenvalue weighted by atomic mass is 16.5. The molecule has 1 aromatic rings. The Hall–Kier alpha value is -1.06. The lowest BCUT2D eigenvalue weighted by molar-refractivity contribution is 0.228. The van der Waals surface area contributed by atoms with Crippen LogP contribution < -0.4 is 16.0 Å². The zero-order chi connectivity index (χ0) is 11.4. The van der Waals surface area contributed by atoms with Crippen LogP contribution in [0, 0.1) is 5.92 Å². The monoisotopic (exact) mass is 220 g/mol. The van der Waals surface area contributed by atoms with E-state index in [0.717, 1.165) is 18.1 Å². The molecule has 88 valence electrons. The number of hydrogen-bond acceptors (Lipinski definition) is 3. The Morgan fingerprint density at radius 1 is 1.38 bits per heavy atom. The third-order valence-corrected chi connectivity index (χ3v) is 3.55. The molecule has 1 saturated carbocycles. The SMILES string of the molecule is COc1ccc(CC(NN)C2CCC2)cc1. The van der Waals surface area contributed by atoms with Crippen molar-refractivity contribution in [3.05, 3.63) is 29.8 Å². The van der Waals surface area contributed by atoms with E-state index in [1.165, 1.54) is 24.8 Å². The van der Waals surface area contributed by atoms with Crippen molar-refractivity contribution in [1.82, 2.24) is 5.43 Å². The minimum atomic E-state index is 0.419. The number of nitrogens with two attached hydrogens (primary N) is 1. The number of hydrogen-bond donors (Lipinski definition) is 2. The smallest absolute Gasteiger partial charge is 0.118 e. The van der Waals surface area contributed by atoms with Gasteiger partial charge in [0.2, 0.25) is 0 Å². The van der Waals surface area contributed by atoms with Gasteiger partial charge in [0.1, 0.15) is 5.75 Å². The molecule has 1 atom stereocenters. The van der Waals surface area contributed by atoms with E-state index in [-0.39, 0.29) is 0 Å². The van der Waals surface area contributed by atoms with Gasteiger partial charge in [-0.3, -0.25) is 11.3 Å². The van der Waals surface area contributed by atoms with Crippen LogP contribution >= 0.6 is 0 Å². The van der Waals surface area contributed by atoms with Crippen LogP contribution in [0.15, 0.2) is 24.3 Å². The molecule has 0 spiro atoms. The summed E-state index contributed by atoms with van der Waals surface area (Å²) in [4.78, 5) is 0. The highest BCUT2D eigenvalue weighted by molar-refractivity contribution is 5.27. The van der Waals surface area contributed by atoms with Crippen LogP contribution in [0.2, 0.25) is 0 Å². The Balaban J connectivity index is 1.95. The minimum absolute atomic E-state index is 0.419. The van der Waals surface area contributed by atoms with Crippen molar-refractivity contribution in [3.8, 4) is 5.75 Å². The Morgan fingerprint density at radius 2 is 2.06 bits per heavy atom. The highest BCUT2D eigenvalue weighted by Crippen LogP contribution is 2.30. The van der Waals surface area contributed by atoms with Crippen LogP contribution in [0.3, 0.4) is 0 Å². The van der Waals surface area contributed by atoms with Gasteiger partial charge in [-0.05, 0) is 42.9 Å². The van der Waals surface area contributed by atoms with Crippen LogP contribution in [-0.2, 0) is 6.42 Å². The van der Waals surface area contributed by atoms with Gasteiger partial charge >= 0.3 is 0 Å². The summed E-state index contributed by atoms with van der Waals surface area (Å²) in [6.45, 7) is 0. The Kier molecular flexibility index (Phi) is 3.80. The predicted octanol–water partition coefficient (Wildman–Crippen LogP) is 1.87. The maximum atomic E-state index is 5.61. The van der Waals surface area contributed by atoms with Crippen LogP contribution in [0.1, 0.15) is 24.8 Å². The highest BCUT2D eigenvalue weighted by Gasteiger charge is 2.26. The molecule has 0 bridgehead atoms. The molecule has 0 heterocycles. The standard InChI is InChI=1S/C13H20N2O/c1-16-12-7-5-10(6-8-12)9-13(15-14)11-3-2-4-11/h5-8,11,13,15H,2-4,9,14H2,1H3. The summed E-state index contributed by atoms with van der Waals surface area (Å²) in [7, 11) is 1.69. The van der Waals surface area contributed by atoms with Crippen LogP contribution in [0.5, 0.6) is 5.75 Å². The summed E-state index contributed by atoms with van der Waals surface area (Å²) in [5.74, 6) is 7.28. The van der Waals surface area contributed by atoms with Gasteiger partial charge in [0.25, 0.3) is 0 Å². The van der Waals surface area contributed by atoms with E-state index in [1.54, 1.807) is 7.11 Å². The molecule has 1 aliphatic carbocycles. The van der Waals surface area contributed by atoms with Gasteiger partial charge < -0.3 is 4.74 Å². The third-order valence-electron chi connectivity index (χ3n) is 3.55. The quantitative estimate of drug-likeness (QED) is 0.588. The molecule has 1 fully saturated rings. The maximum Gasteiger partial charge on any atom is 0.118 e. The molecular weight excluding hydrogens is 200 g/mol. The molecule has 2 rings (SSSR count). The van der Waals surface area contributed by atoms with E-state index < -0.39 is 0 Å².